The molecule has 2 unspecified atom stereocenters. The third-order valence-electron chi connectivity index (χ3n) is 11.5. The molecule has 3 aromatic heterocycles. The minimum absolute atomic E-state index is 0.0369. The number of hydrogen-bond donors (Lipinski definition) is 0. The molecule has 4 heteroatoms. The van der Waals surface area contributed by atoms with Crippen LogP contribution < -0.4 is 4.74 Å². The van der Waals surface area contributed by atoms with Crippen molar-refractivity contribution in [2.24, 2.45) is 0 Å². The third kappa shape index (κ3) is 4.88. The monoisotopic (exact) mass is 661 g/mol. The molecule has 1 saturated carbocycles. The summed E-state index contributed by atoms with van der Waals surface area (Å²) in [4.78, 5) is 9.90. The van der Waals surface area contributed by atoms with Gasteiger partial charge in [0, 0.05) is 56.8 Å². The zero-order valence-electron chi connectivity index (χ0n) is 28.8. The number of aromatic nitrogens is 3. The molecule has 51 heavy (non-hydrogen) atoms. The summed E-state index contributed by atoms with van der Waals surface area (Å²) in [7, 11) is 0. The SMILES string of the molecule is CC1(n2c3ccc(-c4ccccc4-c4ccccn4)cc3c3c(-c4cccc(-c5cccc6c5C5C=CC=CC5O6)c4)nccc32)CCCCC1. The van der Waals surface area contributed by atoms with Crippen LogP contribution in [0.1, 0.15) is 50.5 Å². The van der Waals surface area contributed by atoms with Crippen molar-refractivity contribution in [3.63, 3.8) is 0 Å². The Hall–Kier alpha value is -5.74. The van der Waals surface area contributed by atoms with Crippen molar-refractivity contribution >= 4 is 21.8 Å². The fourth-order valence-corrected chi connectivity index (χ4v) is 9.13. The van der Waals surface area contributed by atoms with E-state index in [1.54, 1.807) is 0 Å². The van der Waals surface area contributed by atoms with E-state index < -0.39 is 0 Å². The van der Waals surface area contributed by atoms with E-state index in [0.717, 1.165) is 28.3 Å². The molecule has 0 spiro atoms. The second kappa shape index (κ2) is 11.9. The molecule has 2 atom stereocenters. The predicted octanol–water partition coefficient (Wildman–Crippen LogP) is 11.9. The highest BCUT2D eigenvalue weighted by atomic mass is 16.5. The average Bonchev–Trinajstić information content (AvgIpc) is 3.75. The van der Waals surface area contributed by atoms with Crippen LogP contribution in [0.3, 0.4) is 0 Å². The molecule has 4 nitrogen and oxygen atoms in total. The molecule has 10 rings (SSSR count). The molecule has 0 N–H and O–H groups in total. The number of rotatable bonds is 5. The zero-order chi connectivity index (χ0) is 33.9. The van der Waals surface area contributed by atoms with Crippen molar-refractivity contribution in [3.05, 3.63) is 151 Å². The van der Waals surface area contributed by atoms with E-state index in [4.69, 9.17) is 14.7 Å². The molecule has 4 aromatic carbocycles. The van der Waals surface area contributed by atoms with E-state index in [1.807, 2.05) is 18.5 Å². The van der Waals surface area contributed by atoms with Gasteiger partial charge in [0.05, 0.1) is 16.9 Å². The number of hydrogen-bond acceptors (Lipinski definition) is 3. The van der Waals surface area contributed by atoms with Gasteiger partial charge in [0.15, 0.2) is 0 Å². The fourth-order valence-electron chi connectivity index (χ4n) is 9.13. The van der Waals surface area contributed by atoms with Gasteiger partial charge in [0.1, 0.15) is 11.9 Å². The van der Waals surface area contributed by atoms with Gasteiger partial charge in [0.2, 0.25) is 0 Å². The molecule has 4 heterocycles. The van der Waals surface area contributed by atoms with Crippen molar-refractivity contribution in [2.45, 2.75) is 56.6 Å². The molecule has 248 valence electrons. The Bertz CT molecular complexity index is 2520. The summed E-state index contributed by atoms with van der Waals surface area (Å²) in [6, 6.07) is 39.5. The number of ether oxygens (including phenoxy) is 1. The van der Waals surface area contributed by atoms with Crippen LogP contribution in [0.5, 0.6) is 5.75 Å². The standard InChI is InChI=1S/C47H39N3O/c1-47(25-8-2-9-26-47)50-40-23-22-32(34-15-3-4-16-36(34)39-19-7-10-27-48-39)30-38(40)45-41(50)24-28-49-46(45)33-14-11-13-31(29-33)35-18-12-21-43-44(35)37-17-5-6-20-42(37)51-43/h3-7,10-24,27-30,37,42H,2,8-9,25-26H2,1H3. The van der Waals surface area contributed by atoms with Gasteiger partial charge in [-0.2, -0.15) is 0 Å². The molecular weight excluding hydrogens is 623 g/mol. The highest BCUT2D eigenvalue weighted by Gasteiger charge is 2.35. The first-order chi connectivity index (χ1) is 25.2. The molecule has 0 radical (unpaired) electrons. The lowest BCUT2D eigenvalue weighted by Gasteiger charge is -2.37. The Morgan fingerprint density at radius 1 is 0.647 bits per heavy atom. The first-order valence-electron chi connectivity index (χ1n) is 18.4. The van der Waals surface area contributed by atoms with Gasteiger partial charge in [-0.25, -0.2) is 0 Å². The van der Waals surface area contributed by atoms with Gasteiger partial charge >= 0.3 is 0 Å². The van der Waals surface area contributed by atoms with Crippen molar-refractivity contribution in [1.29, 1.82) is 0 Å². The van der Waals surface area contributed by atoms with E-state index in [9.17, 15) is 0 Å². The molecule has 0 amide bonds. The van der Waals surface area contributed by atoms with Crippen LogP contribution in [0.2, 0.25) is 0 Å². The second-order valence-corrected chi connectivity index (χ2v) is 14.6. The van der Waals surface area contributed by atoms with Crippen LogP contribution in [0.15, 0.2) is 146 Å². The van der Waals surface area contributed by atoms with Gasteiger partial charge in [-0.1, -0.05) is 104 Å². The van der Waals surface area contributed by atoms with Crippen molar-refractivity contribution in [2.75, 3.05) is 0 Å². The quantitative estimate of drug-likeness (QED) is 0.184. The summed E-state index contributed by atoms with van der Waals surface area (Å²) in [6.45, 7) is 2.47. The molecule has 0 bridgehead atoms. The maximum Gasteiger partial charge on any atom is 0.128 e. The molecule has 0 saturated heterocycles. The van der Waals surface area contributed by atoms with Crippen molar-refractivity contribution in [3.8, 4) is 50.5 Å². The minimum atomic E-state index is 0.0369. The van der Waals surface area contributed by atoms with Gasteiger partial charge < -0.3 is 9.30 Å². The van der Waals surface area contributed by atoms with Crippen molar-refractivity contribution < 1.29 is 4.74 Å². The number of allylic oxidation sites excluding steroid dienone is 2. The van der Waals surface area contributed by atoms with Gasteiger partial charge in [-0.05, 0) is 90.6 Å². The Morgan fingerprint density at radius 3 is 2.31 bits per heavy atom. The lowest BCUT2D eigenvalue weighted by atomic mass is 9.83. The van der Waals surface area contributed by atoms with Gasteiger partial charge in [-0.3, -0.25) is 9.97 Å². The average molecular weight is 662 g/mol. The van der Waals surface area contributed by atoms with E-state index in [0.29, 0.717) is 0 Å². The van der Waals surface area contributed by atoms with Crippen molar-refractivity contribution in [1.82, 2.24) is 14.5 Å². The topological polar surface area (TPSA) is 39.9 Å². The first kappa shape index (κ1) is 30.1. The van der Waals surface area contributed by atoms with Gasteiger partial charge in [-0.15, -0.1) is 0 Å². The highest BCUT2D eigenvalue weighted by molar-refractivity contribution is 6.15. The summed E-state index contributed by atoms with van der Waals surface area (Å²) >= 11 is 0. The fraction of sp³-hybridized carbons (Fsp3) is 0.191. The Balaban J connectivity index is 1.19. The number of benzene rings is 4. The smallest absolute Gasteiger partial charge is 0.128 e. The van der Waals surface area contributed by atoms with E-state index in [-0.39, 0.29) is 17.6 Å². The Morgan fingerprint density at radius 2 is 1.43 bits per heavy atom. The van der Waals surface area contributed by atoms with Crippen LogP contribution in [-0.4, -0.2) is 20.6 Å². The highest BCUT2D eigenvalue weighted by Crippen LogP contribution is 2.48. The summed E-state index contributed by atoms with van der Waals surface area (Å²) in [5.74, 6) is 1.19. The summed E-state index contributed by atoms with van der Waals surface area (Å²) in [6.07, 6.45) is 18.8. The maximum absolute atomic E-state index is 6.39. The van der Waals surface area contributed by atoms with Gasteiger partial charge in [0.25, 0.3) is 0 Å². The molecular formula is C47H39N3O. The second-order valence-electron chi connectivity index (χ2n) is 14.6. The summed E-state index contributed by atoms with van der Waals surface area (Å²) in [5.41, 5.74) is 12.9. The number of pyridine rings is 2. The predicted molar refractivity (Wildman–Crippen MR) is 209 cm³/mol. The molecule has 1 fully saturated rings. The lowest BCUT2D eigenvalue weighted by molar-refractivity contribution is 0.232. The molecule has 2 aliphatic carbocycles. The Kier molecular flexibility index (Phi) is 7.06. The van der Waals surface area contributed by atoms with E-state index >= 15 is 0 Å². The molecule has 3 aliphatic rings. The zero-order valence-corrected chi connectivity index (χ0v) is 28.8. The summed E-state index contributed by atoms with van der Waals surface area (Å²) in [5, 5.41) is 2.46. The van der Waals surface area contributed by atoms with Crippen LogP contribution in [0, 0.1) is 0 Å². The Labute approximate surface area is 298 Å². The maximum atomic E-state index is 6.39. The van der Waals surface area contributed by atoms with Crippen LogP contribution in [0.25, 0.3) is 66.6 Å². The minimum Gasteiger partial charge on any atom is -0.485 e. The lowest BCUT2D eigenvalue weighted by Crippen LogP contribution is -2.32. The van der Waals surface area contributed by atoms with E-state index in [1.165, 1.54) is 81.7 Å². The van der Waals surface area contributed by atoms with Crippen LogP contribution in [0.4, 0.5) is 0 Å². The van der Waals surface area contributed by atoms with E-state index in [2.05, 4.69) is 139 Å². The first-order valence-corrected chi connectivity index (χ1v) is 18.4. The molecule has 1 aliphatic heterocycles. The summed E-state index contributed by atoms with van der Waals surface area (Å²) < 4.78 is 9.05. The van der Waals surface area contributed by atoms with Crippen LogP contribution >= 0.6 is 0 Å². The van der Waals surface area contributed by atoms with Crippen LogP contribution in [-0.2, 0) is 5.54 Å². The normalized spacial score (nSPS) is 18.8. The third-order valence-corrected chi connectivity index (χ3v) is 11.5. The molecule has 7 aromatic rings. The number of fused-ring (bicyclic) bond motifs is 6. The largest absolute Gasteiger partial charge is 0.485 e. The number of nitrogens with zero attached hydrogens (tertiary/aromatic N) is 3.